The van der Waals surface area contributed by atoms with Crippen LogP contribution in [0, 0.1) is 13.8 Å². The van der Waals surface area contributed by atoms with Crippen molar-refractivity contribution >= 4 is 23.2 Å². The molecule has 34 heavy (non-hydrogen) atoms. The Morgan fingerprint density at radius 2 is 0.824 bits per heavy atom. The molecule has 0 saturated carbocycles. The first kappa shape index (κ1) is 20.2. The van der Waals surface area contributed by atoms with Crippen molar-refractivity contribution in [2.24, 2.45) is 0 Å². The summed E-state index contributed by atoms with van der Waals surface area (Å²) in [6.45, 7) is 3.69. The van der Waals surface area contributed by atoms with Gasteiger partial charge in [-0.1, -0.05) is 0 Å². The smallest absolute Gasteiger partial charge is 0.261 e. The Bertz CT molecular complexity index is 1440. The summed E-state index contributed by atoms with van der Waals surface area (Å²) in [6, 6.07) is 14.3. The molecule has 0 N–H and O–H groups in total. The molecule has 0 aliphatic carbocycles. The van der Waals surface area contributed by atoms with E-state index in [4.69, 9.17) is 17.7 Å². The van der Waals surface area contributed by atoms with E-state index in [2.05, 4.69) is 0 Å². The van der Waals surface area contributed by atoms with Gasteiger partial charge in [0, 0.05) is 14.1 Å². The maximum absolute atomic E-state index is 13.3. The predicted octanol–water partition coefficient (Wildman–Crippen LogP) is 5.08. The van der Waals surface area contributed by atoms with Crippen LogP contribution < -0.4 is 0 Å². The molecular formula is C26H20N2O6. The maximum atomic E-state index is 13.3. The minimum absolute atomic E-state index is 0.285. The quantitative estimate of drug-likeness (QED) is 0.425. The van der Waals surface area contributed by atoms with Gasteiger partial charge in [-0.05, 0) is 62.4 Å². The van der Waals surface area contributed by atoms with E-state index in [0.717, 1.165) is 11.5 Å². The van der Waals surface area contributed by atoms with Crippen LogP contribution in [-0.4, -0.2) is 35.7 Å². The summed E-state index contributed by atoms with van der Waals surface area (Å²) >= 11 is 0. The van der Waals surface area contributed by atoms with Crippen LogP contribution in [0.4, 0.5) is 0 Å². The molecule has 4 aromatic rings. The number of carbonyl (C=O) groups excluding carboxylic acids is 2. The summed E-state index contributed by atoms with van der Waals surface area (Å²) < 4.78 is 23.3. The third-order valence-electron chi connectivity index (χ3n) is 6.08. The minimum Gasteiger partial charge on any atom is -0.458 e. The lowest BCUT2D eigenvalue weighted by Crippen LogP contribution is -2.25. The maximum Gasteiger partial charge on any atom is 0.261 e. The molecule has 0 spiro atoms. The lowest BCUT2D eigenvalue weighted by Gasteiger charge is -2.17. The zero-order valence-electron chi connectivity index (χ0n) is 19.0. The van der Waals surface area contributed by atoms with Crippen LogP contribution in [0.3, 0.4) is 0 Å². The second-order valence-corrected chi connectivity index (χ2v) is 8.32. The number of nitrogens with zero attached hydrogens (tertiary/aromatic N) is 2. The highest BCUT2D eigenvalue weighted by atomic mass is 16.4. The molecule has 6 rings (SSSR count). The highest BCUT2D eigenvalue weighted by Gasteiger charge is 2.48. The fraction of sp³-hybridized carbons (Fsp3) is 0.154. The van der Waals surface area contributed by atoms with Gasteiger partial charge in [0.2, 0.25) is 0 Å². The molecule has 0 bridgehead atoms. The summed E-state index contributed by atoms with van der Waals surface area (Å²) in [4.78, 5) is 29.5. The largest absolute Gasteiger partial charge is 0.458 e. The molecule has 0 atom stereocenters. The number of furan rings is 4. The Balaban J connectivity index is 1.47. The molecule has 170 valence electrons. The van der Waals surface area contributed by atoms with Crippen molar-refractivity contribution in [2.45, 2.75) is 13.8 Å². The van der Waals surface area contributed by atoms with Gasteiger partial charge in [0.1, 0.15) is 22.9 Å². The Labute approximate surface area is 194 Å². The normalized spacial score (nSPS) is 16.0. The molecular weight excluding hydrogens is 436 g/mol. The Morgan fingerprint density at radius 3 is 1.18 bits per heavy atom. The summed E-state index contributed by atoms with van der Waals surface area (Å²) in [5.74, 6) is 3.87. The van der Waals surface area contributed by atoms with E-state index in [1.807, 2.05) is 38.1 Å². The number of hydrogen-bond donors (Lipinski definition) is 0. The monoisotopic (exact) mass is 456 g/mol. The van der Waals surface area contributed by atoms with E-state index in [1.165, 1.54) is 9.80 Å². The SMILES string of the molecule is Cc1ccc(-c2ccc(C3=C4C(=O)N(C)C(c5ccc(-c6ccc(C)o6)o5)=C4C(=O)N3C)o2)o1. The first-order valence-corrected chi connectivity index (χ1v) is 10.7. The zero-order chi connectivity index (χ0) is 23.7. The number of aryl methyl sites for hydroxylation is 2. The van der Waals surface area contributed by atoms with Gasteiger partial charge in [-0.2, -0.15) is 0 Å². The average molecular weight is 456 g/mol. The molecule has 2 amide bonds. The average Bonchev–Trinajstić information content (AvgIpc) is 3.62. The standard InChI is InChI=1S/C26H20N2O6/c1-13-5-7-15(31-13)17-9-11-19(33-17)23-21-22(26(30)27(23)3)24(28(4)25(21)29)20-12-10-18(34-20)16-8-6-14(2)32-16/h5-12H,1-4H3. The number of hydrogen-bond acceptors (Lipinski definition) is 6. The second-order valence-electron chi connectivity index (χ2n) is 8.32. The Morgan fingerprint density at radius 1 is 0.500 bits per heavy atom. The van der Waals surface area contributed by atoms with Gasteiger partial charge in [-0.15, -0.1) is 0 Å². The Hall–Kier alpha value is -4.46. The van der Waals surface area contributed by atoms with Crippen LogP contribution in [-0.2, 0) is 9.59 Å². The molecule has 0 saturated heterocycles. The molecule has 0 unspecified atom stereocenters. The van der Waals surface area contributed by atoms with Crippen LogP contribution in [0.5, 0.6) is 0 Å². The van der Waals surface area contributed by atoms with Crippen LogP contribution >= 0.6 is 0 Å². The third kappa shape index (κ3) is 2.78. The van der Waals surface area contributed by atoms with Crippen molar-refractivity contribution in [3.8, 4) is 23.0 Å². The Kier molecular flexibility index (Phi) is 4.16. The summed E-state index contributed by atoms with van der Waals surface area (Å²) in [6.07, 6.45) is 0. The van der Waals surface area contributed by atoms with E-state index < -0.39 is 0 Å². The highest BCUT2D eigenvalue weighted by Crippen LogP contribution is 2.46. The van der Waals surface area contributed by atoms with Crippen molar-refractivity contribution in [1.29, 1.82) is 0 Å². The third-order valence-corrected chi connectivity index (χ3v) is 6.08. The lowest BCUT2D eigenvalue weighted by molar-refractivity contribution is -0.123. The molecule has 6 heterocycles. The van der Waals surface area contributed by atoms with Gasteiger partial charge in [0.25, 0.3) is 11.8 Å². The number of rotatable bonds is 4. The topological polar surface area (TPSA) is 93.2 Å². The number of likely N-dealkylation sites (N-methyl/N-ethyl adjacent to an activating group) is 2. The van der Waals surface area contributed by atoms with E-state index in [9.17, 15) is 9.59 Å². The van der Waals surface area contributed by atoms with Gasteiger partial charge >= 0.3 is 0 Å². The molecule has 2 aliphatic rings. The van der Waals surface area contributed by atoms with Gasteiger partial charge in [0.05, 0.1) is 11.1 Å². The fourth-order valence-corrected chi connectivity index (χ4v) is 4.43. The zero-order valence-corrected chi connectivity index (χ0v) is 19.0. The first-order valence-electron chi connectivity index (χ1n) is 10.7. The molecule has 2 aliphatic heterocycles. The van der Waals surface area contributed by atoms with Crippen LogP contribution in [0.2, 0.25) is 0 Å². The van der Waals surface area contributed by atoms with Crippen LogP contribution in [0.25, 0.3) is 34.4 Å². The van der Waals surface area contributed by atoms with E-state index in [1.54, 1.807) is 38.4 Å². The molecule has 0 radical (unpaired) electrons. The van der Waals surface area contributed by atoms with Crippen molar-refractivity contribution in [2.75, 3.05) is 14.1 Å². The van der Waals surface area contributed by atoms with E-state index in [-0.39, 0.29) is 23.0 Å². The second kappa shape index (κ2) is 7.02. The predicted molar refractivity (Wildman–Crippen MR) is 122 cm³/mol. The highest BCUT2D eigenvalue weighted by molar-refractivity contribution is 6.29. The van der Waals surface area contributed by atoms with Crippen molar-refractivity contribution < 1.29 is 27.3 Å². The number of fused-ring (bicyclic) bond motifs is 1. The van der Waals surface area contributed by atoms with Crippen LogP contribution in [0.15, 0.2) is 77.3 Å². The van der Waals surface area contributed by atoms with E-state index >= 15 is 0 Å². The fourth-order valence-electron chi connectivity index (χ4n) is 4.43. The molecule has 8 heteroatoms. The van der Waals surface area contributed by atoms with Gasteiger partial charge in [0.15, 0.2) is 34.6 Å². The molecule has 4 aromatic heterocycles. The van der Waals surface area contributed by atoms with E-state index in [0.29, 0.717) is 46.0 Å². The van der Waals surface area contributed by atoms with Crippen molar-refractivity contribution in [3.63, 3.8) is 0 Å². The molecule has 0 fully saturated rings. The van der Waals surface area contributed by atoms with Crippen molar-refractivity contribution in [3.05, 3.63) is 82.7 Å². The van der Waals surface area contributed by atoms with Crippen LogP contribution in [0.1, 0.15) is 23.0 Å². The molecule has 8 nitrogen and oxygen atoms in total. The summed E-state index contributed by atoms with van der Waals surface area (Å²) in [7, 11) is 3.25. The summed E-state index contributed by atoms with van der Waals surface area (Å²) in [5, 5.41) is 0. The van der Waals surface area contributed by atoms with Gasteiger partial charge < -0.3 is 27.5 Å². The minimum atomic E-state index is -0.309. The summed E-state index contributed by atoms with van der Waals surface area (Å²) in [5.41, 5.74) is 1.39. The first-order chi connectivity index (χ1) is 16.3. The van der Waals surface area contributed by atoms with Gasteiger partial charge in [-0.25, -0.2) is 0 Å². The van der Waals surface area contributed by atoms with Crippen molar-refractivity contribution in [1.82, 2.24) is 9.80 Å². The molecule has 0 aromatic carbocycles. The van der Waals surface area contributed by atoms with Gasteiger partial charge in [-0.3, -0.25) is 9.59 Å². The lowest BCUT2D eigenvalue weighted by atomic mass is 10.1. The number of amides is 2. The number of carbonyl (C=O) groups is 2.